The van der Waals surface area contributed by atoms with Crippen molar-refractivity contribution in [2.75, 3.05) is 6.54 Å². The van der Waals surface area contributed by atoms with Gasteiger partial charge in [0.05, 0.1) is 0 Å². The van der Waals surface area contributed by atoms with E-state index >= 15 is 0 Å². The van der Waals surface area contributed by atoms with Crippen molar-refractivity contribution in [1.29, 1.82) is 0 Å². The Balaban J connectivity index is 3.38. The normalized spacial score (nSPS) is 22.1. The molecule has 0 spiro atoms. The Morgan fingerprint density at radius 3 is 1.19 bits per heavy atom. The fourth-order valence-corrected chi connectivity index (χ4v) is 5.32. The highest BCUT2D eigenvalue weighted by atomic mass is 19.4. The molecular formula is C24H22F24N2O2. The molecule has 2 N–H and O–H groups in total. The molecule has 0 aromatic rings. The summed E-state index contributed by atoms with van der Waals surface area (Å²) < 4.78 is 323. The lowest BCUT2D eigenvalue weighted by Gasteiger charge is -2.47. The third-order valence-corrected chi connectivity index (χ3v) is 7.78. The summed E-state index contributed by atoms with van der Waals surface area (Å²) in [5.74, 6) is -84.5. The van der Waals surface area contributed by atoms with Crippen molar-refractivity contribution in [3.05, 3.63) is 0 Å². The summed E-state index contributed by atoms with van der Waals surface area (Å²) in [6.07, 6.45) is -14.3. The SMILES string of the molecule is CC1(C)CC(NC(=O)C(F)(F)C(F)(F)C(F)(F)C(F)(F)C(F)(F)C(F)F)CC(C)(CNC(=O)C(F)(F)C(F)(F)C(F)(F)C(F)(F)C(F)(F)C(F)F)C1. The molecule has 0 aliphatic heterocycles. The van der Waals surface area contributed by atoms with Gasteiger partial charge in [0.1, 0.15) is 0 Å². The predicted molar refractivity (Wildman–Crippen MR) is 122 cm³/mol. The molecule has 0 heterocycles. The van der Waals surface area contributed by atoms with Gasteiger partial charge in [0.15, 0.2) is 0 Å². The lowest BCUT2D eigenvalue weighted by Crippen LogP contribution is -2.71. The Morgan fingerprint density at radius 2 is 0.865 bits per heavy atom. The number of nitrogens with one attached hydrogen (secondary N) is 2. The summed E-state index contributed by atoms with van der Waals surface area (Å²) in [5, 5.41) is 1.66. The van der Waals surface area contributed by atoms with E-state index in [0.29, 0.717) is 0 Å². The maximum Gasteiger partial charge on any atom is 0.392 e. The smallest absolute Gasteiger partial charge is 0.350 e. The second kappa shape index (κ2) is 13.2. The van der Waals surface area contributed by atoms with Crippen LogP contribution in [0.2, 0.25) is 0 Å². The maximum atomic E-state index is 14.3. The monoisotopic (exact) mass is 826 g/mol. The van der Waals surface area contributed by atoms with Crippen LogP contribution >= 0.6 is 0 Å². The molecule has 1 aliphatic rings. The van der Waals surface area contributed by atoms with Gasteiger partial charge in [0, 0.05) is 12.6 Å². The highest BCUT2D eigenvalue weighted by molar-refractivity contribution is 5.85. The van der Waals surface area contributed by atoms with Crippen LogP contribution in [0.5, 0.6) is 0 Å². The third kappa shape index (κ3) is 7.11. The van der Waals surface area contributed by atoms with Crippen molar-refractivity contribution in [3.63, 3.8) is 0 Å². The Hall–Kier alpha value is -2.74. The molecule has 2 atom stereocenters. The molecule has 0 aromatic heterocycles. The van der Waals surface area contributed by atoms with Gasteiger partial charge in [-0.05, 0) is 30.1 Å². The molecule has 2 unspecified atom stereocenters. The number of alkyl halides is 24. The lowest BCUT2D eigenvalue weighted by molar-refractivity contribution is -0.407. The number of hydrogen-bond donors (Lipinski definition) is 2. The summed E-state index contributed by atoms with van der Waals surface area (Å²) in [6.45, 7) is 1.17. The van der Waals surface area contributed by atoms with Gasteiger partial charge < -0.3 is 10.6 Å². The van der Waals surface area contributed by atoms with Crippen LogP contribution in [0.25, 0.3) is 0 Å². The Labute approximate surface area is 274 Å². The van der Waals surface area contributed by atoms with E-state index in [4.69, 9.17) is 0 Å². The standard InChI is InChI=1S/C24H22F24N2O2/c1-13(2)4-8(50-12(52)18(35,36)22(43,44)24(47,48)20(39,40)16(31,32)10(27)28)5-14(3,6-13)7-49-11(51)17(33,34)21(41,42)23(45,46)19(37,38)15(29,30)9(25)26/h8-10H,4-7H2,1-3H3,(H,49,51)(H,50,52). The van der Waals surface area contributed by atoms with Crippen molar-refractivity contribution < 1.29 is 115 Å². The zero-order chi connectivity index (χ0) is 42.1. The van der Waals surface area contributed by atoms with Gasteiger partial charge >= 0.3 is 72.1 Å². The van der Waals surface area contributed by atoms with Crippen molar-refractivity contribution in [2.45, 2.75) is 118 Å². The van der Waals surface area contributed by atoms with Gasteiger partial charge in [-0.1, -0.05) is 20.8 Å². The molecule has 1 aliphatic carbocycles. The lowest BCUT2D eigenvalue weighted by atomic mass is 9.62. The van der Waals surface area contributed by atoms with Crippen LogP contribution in [0.3, 0.4) is 0 Å². The zero-order valence-corrected chi connectivity index (χ0v) is 25.4. The van der Waals surface area contributed by atoms with Gasteiger partial charge in [0.2, 0.25) is 0 Å². The minimum Gasteiger partial charge on any atom is -0.350 e. The van der Waals surface area contributed by atoms with Crippen molar-refractivity contribution >= 4 is 11.8 Å². The topological polar surface area (TPSA) is 58.2 Å². The van der Waals surface area contributed by atoms with Crippen molar-refractivity contribution in [3.8, 4) is 0 Å². The molecular weight excluding hydrogens is 804 g/mol. The Bertz CT molecular complexity index is 1330. The van der Waals surface area contributed by atoms with E-state index in [0.717, 1.165) is 31.4 Å². The summed E-state index contributed by atoms with van der Waals surface area (Å²) >= 11 is 0. The van der Waals surface area contributed by atoms with Crippen LogP contribution in [-0.2, 0) is 9.59 Å². The highest BCUT2D eigenvalue weighted by Crippen LogP contribution is 2.60. The third-order valence-electron chi connectivity index (χ3n) is 7.78. The Kier molecular flexibility index (Phi) is 12.0. The first-order valence-corrected chi connectivity index (χ1v) is 13.4. The van der Waals surface area contributed by atoms with Crippen molar-refractivity contribution in [2.24, 2.45) is 10.8 Å². The molecule has 0 saturated heterocycles. The first kappa shape index (κ1) is 47.3. The molecule has 28 heteroatoms. The second-order valence-corrected chi connectivity index (χ2v) is 12.9. The Morgan fingerprint density at radius 1 is 0.538 bits per heavy atom. The van der Waals surface area contributed by atoms with Crippen LogP contribution in [0.1, 0.15) is 40.0 Å². The first-order valence-electron chi connectivity index (χ1n) is 13.4. The summed E-state index contributed by atoms with van der Waals surface area (Å²) in [6, 6.07) is -2.18. The van der Waals surface area contributed by atoms with E-state index < -0.39 is 127 Å². The summed E-state index contributed by atoms with van der Waals surface area (Å²) in [5.41, 5.74) is -3.73. The molecule has 4 nitrogen and oxygen atoms in total. The summed E-state index contributed by atoms with van der Waals surface area (Å²) in [7, 11) is 0. The van der Waals surface area contributed by atoms with E-state index in [-0.39, 0.29) is 0 Å². The molecule has 1 fully saturated rings. The molecule has 52 heavy (non-hydrogen) atoms. The fraction of sp³-hybridized carbons (Fsp3) is 0.917. The van der Waals surface area contributed by atoms with Crippen LogP contribution < -0.4 is 10.6 Å². The largest absolute Gasteiger partial charge is 0.392 e. The molecule has 0 radical (unpaired) electrons. The zero-order valence-electron chi connectivity index (χ0n) is 25.4. The van der Waals surface area contributed by atoms with Crippen LogP contribution in [0.15, 0.2) is 0 Å². The minimum absolute atomic E-state index is 0.594. The van der Waals surface area contributed by atoms with Gasteiger partial charge in [-0.25, -0.2) is 17.6 Å². The molecule has 1 saturated carbocycles. The average molecular weight is 826 g/mol. The first-order chi connectivity index (χ1) is 22.4. The second-order valence-electron chi connectivity index (χ2n) is 12.9. The van der Waals surface area contributed by atoms with Crippen LogP contribution in [0.4, 0.5) is 105 Å². The molecule has 2 amide bonds. The van der Waals surface area contributed by atoms with Crippen LogP contribution in [-0.4, -0.2) is 96.5 Å². The molecule has 0 aromatic carbocycles. The van der Waals surface area contributed by atoms with E-state index in [1.807, 2.05) is 0 Å². The predicted octanol–water partition coefficient (Wildman–Crippen LogP) is 8.69. The minimum atomic E-state index is -8.12. The number of carbonyl (C=O) groups excluding carboxylic acids is 2. The molecule has 308 valence electrons. The average Bonchev–Trinajstić information content (AvgIpc) is 2.93. The summed E-state index contributed by atoms with van der Waals surface area (Å²) in [4.78, 5) is 23.9. The number of carbonyl (C=O) groups is 2. The fourth-order valence-electron chi connectivity index (χ4n) is 5.32. The van der Waals surface area contributed by atoms with Gasteiger partial charge in [0.25, 0.3) is 11.8 Å². The van der Waals surface area contributed by atoms with E-state index in [1.165, 1.54) is 0 Å². The quantitative estimate of drug-likeness (QED) is 0.163. The number of hydrogen-bond acceptors (Lipinski definition) is 2. The number of rotatable bonds is 15. The highest BCUT2D eigenvalue weighted by Gasteiger charge is 2.90. The number of amides is 2. The maximum absolute atomic E-state index is 14.3. The van der Waals surface area contributed by atoms with Gasteiger partial charge in [-0.15, -0.1) is 0 Å². The van der Waals surface area contributed by atoms with E-state index in [2.05, 4.69) is 0 Å². The van der Waals surface area contributed by atoms with E-state index in [1.54, 1.807) is 0 Å². The van der Waals surface area contributed by atoms with Crippen molar-refractivity contribution in [1.82, 2.24) is 10.6 Å². The van der Waals surface area contributed by atoms with Gasteiger partial charge in [-0.3, -0.25) is 9.59 Å². The van der Waals surface area contributed by atoms with Crippen LogP contribution in [0, 0.1) is 10.8 Å². The molecule has 0 bridgehead atoms. The number of halogens is 24. The molecule has 1 rings (SSSR count). The van der Waals surface area contributed by atoms with E-state index in [9.17, 15) is 115 Å². The van der Waals surface area contributed by atoms with Gasteiger partial charge in [-0.2, -0.15) is 87.8 Å².